The van der Waals surface area contributed by atoms with Gasteiger partial charge in [-0.2, -0.15) is 4.31 Å². The number of anilines is 2. The van der Waals surface area contributed by atoms with Gasteiger partial charge < -0.3 is 19.8 Å². The molecule has 0 saturated heterocycles. The lowest BCUT2D eigenvalue weighted by Gasteiger charge is -2.19. The molecule has 0 atom stereocenters. The zero-order chi connectivity index (χ0) is 28.2. The number of aromatic nitrogens is 2. The SMILES string of the molecule is COc1cc(C)c(S(=O)(=O)N(C)Cc2cc(C(=O)NCc3ccc(Nc4nccc(I)n4)cc3)co2)c(C)c1. The molecule has 0 unspecified atom stereocenters. The number of carbonyl (C=O) groups excluding carboxylic acids is 1. The van der Waals surface area contributed by atoms with Gasteiger partial charge in [-0.3, -0.25) is 4.79 Å². The zero-order valence-electron chi connectivity index (χ0n) is 21.9. The van der Waals surface area contributed by atoms with Crippen LogP contribution in [-0.4, -0.2) is 42.8 Å². The van der Waals surface area contributed by atoms with Crippen LogP contribution in [0.25, 0.3) is 0 Å². The molecular formula is C27H28IN5O5S. The molecule has 1 amide bonds. The molecule has 0 bridgehead atoms. The summed E-state index contributed by atoms with van der Waals surface area (Å²) in [4.78, 5) is 21.4. The van der Waals surface area contributed by atoms with E-state index in [2.05, 4.69) is 43.2 Å². The second-order valence-electron chi connectivity index (χ2n) is 8.86. The van der Waals surface area contributed by atoms with Gasteiger partial charge in [0.1, 0.15) is 21.5 Å². The number of hydrogen-bond acceptors (Lipinski definition) is 8. The largest absolute Gasteiger partial charge is 0.497 e. The van der Waals surface area contributed by atoms with Gasteiger partial charge in [-0.25, -0.2) is 18.4 Å². The Bertz CT molecular complexity index is 1570. The standard InChI is InChI=1S/C27H28IN5O5S/c1-17-11-22(37-4)12-18(2)25(17)39(35,36)33(3)15-23-13-20(16-38-23)26(34)30-14-19-5-7-21(8-6-19)31-27-29-10-9-24(28)32-27/h5-13,16H,14-15H2,1-4H3,(H,30,34)(H,29,31,32). The number of methoxy groups -OCH3 is 1. The first-order valence-corrected chi connectivity index (χ1v) is 14.4. The molecule has 10 nitrogen and oxygen atoms in total. The van der Waals surface area contributed by atoms with Gasteiger partial charge in [0.25, 0.3) is 5.91 Å². The predicted octanol–water partition coefficient (Wildman–Crippen LogP) is 4.79. The molecule has 0 saturated carbocycles. The fourth-order valence-corrected chi connectivity index (χ4v) is 5.92. The van der Waals surface area contributed by atoms with Crippen molar-refractivity contribution in [1.82, 2.24) is 19.6 Å². The number of halogens is 1. The minimum Gasteiger partial charge on any atom is -0.497 e. The van der Waals surface area contributed by atoms with E-state index in [-0.39, 0.29) is 17.3 Å². The molecule has 0 aliphatic carbocycles. The third-order valence-corrected chi connectivity index (χ3v) is 8.63. The Morgan fingerprint density at radius 2 is 1.79 bits per heavy atom. The number of furan rings is 1. The van der Waals surface area contributed by atoms with Crippen LogP contribution in [-0.2, 0) is 23.1 Å². The summed E-state index contributed by atoms with van der Waals surface area (Å²) in [7, 11) is -0.789. The van der Waals surface area contributed by atoms with Crippen LogP contribution in [0.15, 0.2) is 70.3 Å². The van der Waals surface area contributed by atoms with E-state index in [0.717, 1.165) is 15.0 Å². The Hall–Kier alpha value is -3.49. The van der Waals surface area contributed by atoms with Gasteiger partial charge in [-0.05, 0) is 89.5 Å². The van der Waals surface area contributed by atoms with Gasteiger partial charge in [0.05, 0.1) is 24.1 Å². The molecule has 0 spiro atoms. The Balaban J connectivity index is 1.35. The van der Waals surface area contributed by atoms with Crippen molar-refractivity contribution in [2.75, 3.05) is 19.5 Å². The van der Waals surface area contributed by atoms with Crippen LogP contribution in [0.3, 0.4) is 0 Å². The minimum absolute atomic E-state index is 0.0286. The van der Waals surface area contributed by atoms with Crippen molar-refractivity contribution in [3.63, 3.8) is 0 Å². The Morgan fingerprint density at radius 1 is 1.10 bits per heavy atom. The van der Waals surface area contributed by atoms with E-state index in [1.807, 2.05) is 30.3 Å². The van der Waals surface area contributed by atoms with Crippen LogP contribution in [0.5, 0.6) is 5.75 Å². The van der Waals surface area contributed by atoms with Crippen LogP contribution in [0.1, 0.15) is 32.8 Å². The lowest BCUT2D eigenvalue weighted by atomic mass is 10.1. The van der Waals surface area contributed by atoms with Crippen molar-refractivity contribution in [2.45, 2.75) is 31.8 Å². The second-order valence-corrected chi connectivity index (χ2v) is 11.9. The van der Waals surface area contributed by atoms with E-state index in [1.165, 1.54) is 24.7 Å². The molecule has 4 rings (SSSR count). The molecule has 12 heteroatoms. The highest BCUT2D eigenvalue weighted by atomic mass is 127. The first-order valence-electron chi connectivity index (χ1n) is 11.9. The summed E-state index contributed by atoms with van der Waals surface area (Å²) in [6.45, 7) is 3.74. The number of sulfonamides is 1. The first-order chi connectivity index (χ1) is 18.6. The van der Waals surface area contributed by atoms with Crippen LogP contribution in [0.2, 0.25) is 0 Å². The maximum atomic E-state index is 13.3. The van der Waals surface area contributed by atoms with Crippen LogP contribution in [0, 0.1) is 17.5 Å². The molecule has 4 aromatic rings. The Labute approximate surface area is 241 Å². The molecule has 2 heterocycles. The van der Waals surface area contributed by atoms with E-state index in [1.54, 1.807) is 38.2 Å². The predicted molar refractivity (Wildman–Crippen MR) is 155 cm³/mol. The summed E-state index contributed by atoms with van der Waals surface area (Å²) >= 11 is 2.12. The van der Waals surface area contributed by atoms with Crippen molar-refractivity contribution < 1.29 is 22.4 Å². The highest BCUT2D eigenvalue weighted by molar-refractivity contribution is 14.1. The summed E-state index contributed by atoms with van der Waals surface area (Å²) in [5.41, 5.74) is 3.21. The summed E-state index contributed by atoms with van der Waals surface area (Å²) < 4.78 is 39.3. The molecule has 204 valence electrons. The van der Waals surface area contributed by atoms with E-state index in [0.29, 0.717) is 40.7 Å². The van der Waals surface area contributed by atoms with Gasteiger partial charge in [0.15, 0.2) is 0 Å². The lowest BCUT2D eigenvalue weighted by molar-refractivity contribution is 0.0950. The first kappa shape index (κ1) is 28.5. The maximum absolute atomic E-state index is 13.3. The van der Waals surface area contributed by atoms with Gasteiger partial charge >= 0.3 is 0 Å². The molecule has 2 N–H and O–H groups in total. The monoisotopic (exact) mass is 661 g/mol. The molecular weight excluding hydrogens is 633 g/mol. The molecule has 0 fully saturated rings. The van der Waals surface area contributed by atoms with Crippen molar-refractivity contribution in [1.29, 1.82) is 0 Å². The summed E-state index contributed by atoms with van der Waals surface area (Å²) in [5.74, 6) is 1.12. The summed E-state index contributed by atoms with van der Waals surface area (Å²) in [6, 6.07) is 14.3. The second kappa shape index (κ2) is 12.1. The Kier molecular flexibility index (Phi) is 8.87. The van der Waals surface area contributed by atoms with Crippen LogP contribution < -0.4 is 15.4 Å². The van der Waals surface area contributed by atoms with E-state index in [4.69, 9.17) is 9.15 Å². The highest BCUT2D eigenvalue weighted by Crippen LogP contribution is 2.28. The Morgan fingerprint density at radius 3 is 2.44 bits per heavy atom. The van der Waals surface area contributed by atoms with Crippen molar-refractivity contribution in [3.05, 3.63) is 92.7 Å². The van der Waals surface area contributed by atoms with Crippen molar-refractivity contribution >= 4 is 50.2 Å². The number of rotatable bonds is 10. The fraction of sp³-hybridized carbons (Fsp3) is 0.222. The summed E-state index contributed by atoms with van der Waals surface area (Å²) in [6.07, 6.45) is 3.01. The number of nitrogens with zero attached hydrogens (tertiary/aromatic N) is 3. The third-order valence-electron chi connectivity index (χ3n) is 5.92. The maximum Gasteiger partial charge on any atom is 0.254 e. The number of aryl methyl sites for hydroxylation is 2. The average Bonchev–Trinajstić information content (AvgIpc) is 3.36. The van der Waals surface area contributed by atoms with E-state index >= 15 is 0 Å². The number of benzene rings is 2. The normalized spacial score (nSPS) is 11.4. The van der Waals surface area contributed by atoms with Crippen LogP contribution in [0.4, 0.5) is 11.6 Å². The number of hydrogen-bond donors (Lipinski definition) is 2. The quantitative estimate of drug-likeness (QED) is 0.184. The lowest BCUT2D eigenvalue weighted by Crippen LogP contribution is -2.27. The molecule has 0 radical (unpaired) electrons. The zero-order valence-corrected chi connectivity index (χ0v) is 24.8. The van der Waals surface area contributed by atoms with E-state index < -0.39 is 10.0 Å². The molecule has 2 aromatic heterocycles. The van der Waals surface area contributed by atoms with E-state index in [9.17, 15) is 13.2 Å². The average molecular weight is 662 g/mol. The number of carbonyl (C=O) groups is 1. The highest BCUT2D eigenvalue weighted by Gasteiger charge is 2.26. The number of amides is 1. The molecule has 39 heavy (non-hydrogen) atoms. The topological polar surface area (TPSA) is 127 Å². The number of nitrogens with one attached hydrogen (secondary N) is 2. The van der Waals surface area contributed by atoms with Crippen molar-refractivity contribution in [3.8, 4) is 5.75 Å². The molecule has 2 aromatic carbocycles. The molecule has 0 aliphatic heterocycles. The molecule has 0 aliphatic rings. The van der Waals surface area contributed by atoms with Gasteiger partial charge in [-0.15, -0.1) is 0 Å². The summed E-state index contributed by atoms with van der Waals surface area (Å²) in [5, 5.41) is 5.99. The smallest absolute Gasteiger partial charge is 0.254 e. The van der Waals surface area contributed by atoms with Crippen LogP contribution >= 0.6 is 22.6 Å². The van der Waals surface area contributed by atoms with Gasteiger partial charge in [0, 0.05) is 25.5 Å². The third kappa shape index (κ3) is 6.94. The fourth-order valence-electron chi connectivity index (χ4n) is 3.99. The van der Waals surface area contributed by atoms with Gasteiger partial charge in [-0.1, -0.05) is 12.1 Å². The van der Waals surface area contributed by atoms with Crippen molar-refractivity contribution in [2.24, 2.45) is 0 Å². The van der Waals surface area contributed by atoms with Gasteiger partial charge in [0.2, 0.25) is 16.0 Å². The number of ether oxygens (including phenoxy) is 1. The minimum atomic E-state index is -3.80.